The van der Waals surface area contributed by atoms with Crippen LogP contribution >= 0.6 is 15.9 Å². The number of nitrogens with zero attached hydrogens (tertiary/aromatic N) is 2. The van der Waals surface area contributed by atoms with E-state index < -0.39 is 0 Å². The molecule has 2 rings (SSSR count). The molecule has 1 fully saturated rings. The molecule has 0 spiro atoms. The summed E-state index contributed by atoms with van der Waals surface area (Å²) in [5, 5.41) is 11.8. The summed E-state index contributed by atoms with van der Waals surface area (Å²) < 4.78 is 0.789. The first-order chi connectivity index (χ1) is 10.2. The molecule has 0 radical (unpaired) electrons. The van der Waals surface area contributed by atoms with Gasteiger partial charge in [0.25, 0.3) is 0 Å². The second-order valence-electron chi connectivity index (χ2n) is 5.14. The third-order valence-electron chi connectivity index (χ3n) is 3.67. The van der Waals surface area contributed by atoms with Crippen LogP contribution in [0.1, 0.15) is 18.4 Å². The second-order valence-corrected chi connectivity index (χ2v) is 6.00. The van der Waals surface area contributed by atoms with Crippen molar-refractivity contribution in [1.82, 2.24) is 5.32 Å². The molecule has 1 heterocycles. The van der Waals surface area contributed by atoms with E-state index in [0.717, 1.165) is 29.5 Å². The predicted molar refractivity (Wildman–Crippen MR) is 85.9 cm³/mol. The van der Waals surface area contributed by atoms with E-state index in [4.69, 9.17) is 11.0 Å². The lowest BCUT2D eigenvalue weighted by Crippen LogP contribution is -2.44. The number of anilines is 1. The molecule has 0 aromatic heterocycles. The molecular formula is C15H19BrN4O. The Bertz CT molecular complexity index is 555. The van der Waals surface area contributed by atoms with Crippen LogP contribution in [0.15, 0.2) is 22.7 Å². The van der Waals surface area contributed by atoms with Crippen LogP contribution in [0.25, 0.3) is 0 Å². The number of benzene rings is 1. The maximum absolute atomic E-state index is 12.1. The van der Waals surface area contributed by atoms with Crippen LogP contribution in [0.5, 0.6) is 0 Å². The zero-order chi connectivity index (χ0) is 15.2. The van der Waals surface area contributed by atoms with Gasteiger partial charge in [0.2, 0.25) is 5.91 Å². The number of hydrogen-bond donors (Lipinski definition) is 2. The first-order valence-electron chi connectivity index (χ1n) is 7.08. The first-order valence-corrected chi connectivity index (χ1v) is 7.87. The number of hydrogen-bond acceptors (Lipinski definition) is 4. The normalized spacial score (nSPS) is 18.1. The van der Waals surface area contributed by atoms with Gasteiger partial charge in [0.1, 0.15) is 6.07 Å². The minimum atomic E-state index is -0.000260. The van der Waals surface area contributed by atoms with Gasteiger partial charge in [-0.05, 0) is 47.0 Å². The van der Waals surface area contributed by atoms with Crippen LogP contribution in [0, 0.1) is 17.2 Å². The van der Waals surface area contributed by atoms with Gasteiger partial charge in [0.15, 0.2) is 0 Å². The average molecular weight is 351 g/mol. The zero-order valence-electron chi connectivity index (χ0n) is 11.8. The Kier molecular flexibility index (Phi) is 5.59. The van der Waals surface area contributed by atoms with Gasteiger partial charge in [-0.25, -0.2) is 0 Å². The van der Waals surface area contributed by atoms with E-state index in [1.54, 1.807) is 6.07 Å². The van der Waals surface area contributed by atoms with Crippen molar-refractivity contribution in [3.63, 3.8) is 0 Å². The molecule has 112 valence electrons. The fraction of sp³-hybridized carbons (Fsp3) is 0.467. The van der Waals surface area contributed by atoms with Crippen molar-refractivity contribution in [2.45, 2.75) is 12.8 Å². The average Bonchev–Trinajstić information content (AvgIpc) is 2.52. The van der Waals surface area contributed by atoms with E-state index in [1.807, 2.05) is 12.1 Å². The molecule has 1 unspecified atom stereocenters. The van der Waals surface area contributed by atoms with E-state index in [1.165, 1.54) is 0 Å². The molecular weight excluding hydrogens is 332 g/mol. The summed E-state index contributed by atoms with van der Waals surface area (Å²) in [6.07, 6.45) is 1.89. The Balaban J connectivity index is 2.05. The molecule has 5 nitrogen and oxygen atoms in total. The minimum Gasteiger partial charge on any atom is -0.371 e. The summed E-state index contributed by atoms with van der Waals surface area (Å²) in [6, 6.07) is 7.81. The Morgan fingerprint density at radius 3 is 3.05 bits per heavy atom. The number of halogens is 1. The van der Waals surface area contributed by atoms with E-state index in [2.05, 4.69) is 32.2 Å². The van der Waals surface area contributed by atoms with Crippen molar-refractivity contribution in [3.05, 3.63) is 28.2 Å². The van der Waals surface area contributed by atoms with Gasteiger partial charge in [0.05, 0.1) is 11.5 Å². The highest BCUT2D eigenvalue weighted by Crippen LogP contribution is 2.27. The number of nitrogens with two attached hydrogens (primary N) is 1. The van der Waals surface area contributed by atoms with Gasteiger partial charge in [-0.3, -0.25) is 4.79 Å². The predicted octanol–water partition coefficient (Wildman–Crippen LogP) is 1.61. The van der Waals surface area contributed by atoms with Crippen LogP contribution in [-0.2, 0) is 4.79 Å². The van der Waals surface area contributed by atoms with Gasteiger partial charge in [-0.1, -0.05) is 0 Å². The van der Waals surface area contributed by atoms with E-state index in [0.29, 0.717) is 25.2 Å². The highest BCUT2D eigenvalue weighted by Gasteiger charge is 2.25. The van der Waals surface area contributed by atoms with Crippen LogP contribution in [0.3, 0.4) is 0 Å². The molecule has 0 bridgehead atoms. The Hall–Kier alpha value is -1.58. The second kappa shape index (κ2) is 7.43. The van der Waals surface area contributed by atoms with Crippen molar-refractivity contribution in [3.8, 4) is 6.07 Å². The minimum absolute atomic E-state index is 0.000260. The fourth-order valence-electron chi connectivity index (χ4n) is 2.56. The third kappa shape index (κ3) is 3.96. The summed E-state index contributed by atoms with van der Waals surface area (Å²) in [6.45, 7) is 2.62. The quantitative estimate of drug-likeness (QED) is 0.864. The van der Waals surface area contributed by atoms with Crippen molar-refractivity contribution in [1.29, 1.82) is 5.26 Å². The molecule has 1 aromatic rings. The van der Waals surface area contributed by atoms with E-state index >= 15 is 0 Å². The molecule has 0 aliphatic carbocycles. The van der Waals surface area contributed by atoms with Crippen LogP contribution in [0.2, 0.25) is 0 Å². The lowest BCUT2D eigenvalue weighted by Gasteiger charge is -2.34. The number of amides is 1. The molecule has 6 heteroatoms. The summed E-state index contributed by atoms with van der Waals surface area (Å²) >= 11 is 3.41. The number of rotatable bonds is 4. The van der Waals surface area contributed by atoms with Crippen LogP contribution < -0.4 is 16.0 Å². The molecule has 1 saturated heterocycles. The van der Waals surface area contributed by atoms with Crippen LogP contribution in [0.4, 0.5) is 5.69 Å². The molecule has 3 N–H and O–H groups in total. The molecule has 1 aliphatic heterocycles. The maximum Gasteiger partial charge on any atom is 0.224 e. The van der Waals surface area contributed by atoms with Crippen molar-refractivity contribution in [2.24, 2.45) is 11.7 Å². The first kappa shape index (κ1) is 15.8. The van der Waals surface area contributed by atoms with Crippen molar-refractivity contribution in [2.75, 3.05) is 31.1 Å². The van der Waals surface area contributed by atoms with Crippen molar-refractivity contribution < 1.29 is 4.79 Å². The molecule has 1 amide bonds. The third-order valence-corrected chi connectivity index (χ3v) is 4.33. The van der Waals surface area contributed by atoms with E-state index in [9.17, 15) is 4.79 Å². The van der Waals surface area contributed by atoms with Gasteiger partial charge in [-0.2, -0.15) is 5.26 Å². The lowest BCUT2D eigenvalue weighted by atomic mass is 9.96. The smallest absolute Gasteiger partial charge is 0.224 e. The zero-order valence-corrected chi connectivity index (χ0v) is 13.4. The molecule has 1 aliphatic rings. The standard InChI is InChI=1S/C15H19BrN4O/c16-14-8-13(4-3-11(14)9-18)20-7-1-2-12(10-20)15(21)19-6-5-17/h3-4,8,12H,1-2,5-7,10,17H2,(H,19,21). The number of piperidine rings is 1. The number of carbonyl (C=O) groups is 1. The molecule has 1 aromatic carbocycles. The summed E-state index contributed by atoms with van der Waals surface area (Å²) in [4.78, 5) is 14.3. The topological polar surface area (TPSA) is 82.2 Å². The van der Waals surface area contributed by atoms with Gasteiger partial charge >= 0.3 is 0 Å². The number of nitrogens with one attached hydrogen (secondary N) is 1. The lowest BCUT2D eigenvalue weighted by molar-refractivity contribution is -0.125. The SMILES string of the molecule is N#Cc1ccc(N2CCCC(C(=O)NCCN)C2)cc1Br. The van der Waals surface area contributed by atoms with Gasteiger partial charge < -0.3 is 16.0 Å². The Morgan fingerprint density at radius 1 is 1.57 bits per heavy atom. The highest BCUT2D eigenvalue weighted by atomic mass is 79.9. The fourth-order valence-corrected chi connectivity index (χ4v) is 3.01. The summed E-state index contributed by atoms with van der Waals surface area (Å²) in [5.74, 6) is 0.0811. The molecule has 21 heavy (non-hydrogen) atoms. The monoisotopic (exact) mass is 350 g/mol. The highest BCUT2D eigenvalue weighted by molar-refractivity contribution is 9.10. The summed E-state index contributed by atoms with van der Waals surface area (Å²) in [7, 11) is 0. The van der Waals surface area contributed by atoms with Crippen LogP contribution in [-0.4, -0.2) is 32.1 Å². The Labute approximate surface area is 133 Å². The van der Waals surface area contributed by atoms with E-state index in [-0.39, 0.29) is 11.8 Å². The summed E-state index contributed by atoms with van der Waals surface area (Å²) in [5.41, 5.74) is 7.07. The largest absolute Gasteiger partial charge is 0.371 e. The van der Waals surface area contributed by atoms with Crippen molar-refractivity contribution >= 4 is 27.5 Å². The molecule has 0 saturated carbocycles. The van der Waals surface area contributed by atoms with Gasteiger partial charge in [0, 0.05) is 36.3 Å². The Morgan fingerprint density at radius 2 is 2.38 bits per heavy atom. The maximum atomic E-state index is 12.1. The number of carbonyl (C=O) groups excluding carboxylic acids is 1. The van der Waals surface area contributed by atoms with Gasteiger partial charge in [-0.15, -0.1) is 0 Å². The molecule has 1 atom stereocenters. The number of nitriles is 1.